The number of nitrogens with zero attached hydrogens (tertiary/aromatic N) is 6. The standard InChI is InChI=1S/C19H18N6/c1-2-24-9-7-22-19(24)13-25-8-6-18(23-25)16-5-3-4-15(10-16)17-11-20-14-21-12-17/h3-12,14H,2,13H2,1H3. The third kappa shape index (κ3) is 3.19. The molecular weight excluding hydrogens is 312 g/mol. The molecule has 0 spiro atoms. The minimum atomic E-state index is 0.660. The quantitative estimate of drug-likeness (QED) is 0.563. The van der Waals surface area contributed by atoms with E-state index in [2.05, 4.69) is 44.6 Å². The first-order chi connectivity index (χ1) is 12.3. The van der Waals surface area contributed by atoms with Gasteiger partial charge in [0.2, 0.25) is 0 Å². The zero-order valence-corrected chi connectivity index (χ0v) is 13.9. The number of benzene rings is 1. The molecule has 3 heterocycles. The Kier molecular flexibility index (Phi) is 4.08. The molecule has 25 heavy (non-hydrogen) atoms. The van der Waals surface area contributed by atoms with E-state index < -0.39 is 0 Å². The van der Waals surface area contributed by atoms with Crippen LogP contribution < -0.4 is 0 Å². The maximum Gasteiger partial charge on any atom is 0.130 e. The third-order valence-corrected chi connectivity index (χ3v) is 4.14. The van der Waals surface area contributed by atoms with Crippen molar-refractivity contribution in [1.29, 1.82) is 0 Å². The molecule has 6 heteroatoms. The normalized spacial score (nSPS) is 10.9. The van der Waals surface area contributed by atoms with Gasteiger partial charge in [-0.25, -0.2) is 15.0 Å². The van der Waals surface area contributed by atoms with Gasteiger partial charge >= 0.3 is 0 Å². The monoisotopic (exact) mass is 330 g/mol. The summed E-state index contributed by atoms with van der Waals surface area (Å²) in [7, 11) is 0. The Balaban J connectivity index is 1.60. The van der Waals surface area contributed by atoms with Crippen molar-refractivity contribution in [3.8, 4) is 22.4 Å². The first-order valence-corrected chi connectivity index (χ1v) is 8.23. The summed E-state index contributed by atoms with van der Waals surface area (Å²) >= 11 is 0. The van der Waals surface area contributed by atoms with E-state index in [1.54, 1.807) is 0 Å². The van der Waals surface area contributed by atoms with E-state index in [0.29, 0.717) is 6.54 Å². The zero-order chi connectivity index (χ0) is 17.1. The van der Waals surface area contributed by atoms with Crippen molar-refractivity contribution in [2.75, 3.05) is 0 Å². The summed E-state index contributed by atoms with van der Waals surface area (Å²) in [5.74, 6) is 1.01. The Labute approximate surface area is 145 Å². The Morgan fingerprint density at radius 3 is 2.64 bits per heavy atom. The molecule has 4 rings (SSSR count). The highest BCUT2D eigenvalue weighted by Crippen LogP contribution is 2.24. The summed E-state index contributed by atoms with van der Waals surface area (Å²) < 4.78 is 4.04. The molecule has 3 aromatic heterocycles. The van der Waals surface area contributed by atoms with E-state index in [4.69, 9.17) is 5.10 Å². The Bertz CT molecular complexity index is 970. The van der Waals surface area contributed by atoms with Crippen LogP contribution in [0.5, 0.6) is 0 Å². The van der Waals surface area contributed by atoms with Crippen LogP contribution in [0.15, 0.2) is 67.6 Å². The van der Waals surface area contributed by atoms with Gasteiger partial charge in [0.1, 0.15) is 12.2 Å². The van der Waals surface area contributed by atoms with Crippen LogP contribution >= 0.6 is 0 Å². The van der Waals surface area contributed by atoms with Gasteiger partial charge in [0.15, 0.2) is 0 Å². The van der Waals surface area contributed by atoms with Gasteiger partial charge in [-0.1, -0.05) is 18.2 Å². The van der Waals surface area contributed by atoms with Crippen LogP contribution in [0, 0.1) is 0 Å². The van der Waals surface area contributed by atoms with Gasteiger partial charge in [0.05, 0.1) is 12.2 Å². The maximum atomic E-state index is 4.70. The fourth-order valence-corrected chi connectivity index (χ4v) is 2.83. The van der Waals surface area contributed by atoms with Gasteiger partial charge in [-0.2, -0.15) is 5.10 Å². The summed E-state index contributed by atoms with van der Waals surface area (Å²) in [6.45, 7) is 3.68. The van der Waals surface area contributed by atoms with Crippen LogP contribution in [-0.2, 0) is 13.1 Å². The fraction of sp³-hybridized carbons (Fsp3) is 0.158. The smallest absolute Gasteiger partial charge is 0.130 e. The van der Waals surface area contributed by atoms with E-state index >= 15 is 0 Å². The molecule has 0 unspecified atom stereocenters. The summed E-state index contributed by atoms with van der Waals surface area (Å²) in [4.78, 5) is 12.6. The van der Waals surface area contributed by atoms with Crippen LogP contribution in [0.3, 0.4) is 0 Å². The molecule has 0 saturated heterocycles. The molecule has 0 bridgehead atoms. The number of rotatable bonds is 5. The van der Waals surface area contributed by atoms with Crippen molar-refractivity contribution in [3.05, 3.63) is 73.5 Å². The van der Waals surface area contributed by atoms with Crippen molar-refractivity contribution in [3.63, 3.8) is 0 Å². The Morgan fingerprint density at radius 1 is 0.960 bits per heavy atom. The Hall–Kier alpha value is -3.28. The highest BCUT2D eigenvalue weighted by atomic mass is 15.3. The maximum absolute atomic E-state index is 4.70. The van der Waals surface area contributed by atoms with E-state index in [9.17, 15) is 0 Å². The van der Waals surface area contributed by atoms with Crippen molar-refractivity contribution in [1.82, 2.24) is 29.3 Å². The van der Waals surface area contributed by atoms with Crippen molar-refractivity contribution >= 4 is 0 Å². The molecule has 0 amide bonds. The van der Waals surface area contributed by atoms with Crippen molar-refractivity contribution in [2.45, 2.75) is 20.0 Å². The number of aryl methyl sites for hydroxylation is 1. The average Bonchev–Trinajstić information content (AvgIpc) is 3.32. The number of hydrogen-bond donors (Lipinski definition) is 0. The van der Waals surface area contributed by atoms with E-state index in [0.717, 1.165) is 34.8 Å². The van der Waals surface area contributed by atoms with Gasteiger partial charge in [0, 0.05) is 48.7 Å². The second-order valence-corrected chi connectivity index (χ2v) is 5.74. The topological polar surface area (TPSA) is 61.4 Å². The molecule has 0 radical (unpaired) electrons. The SMILES string of the molecule is CCn1ccnc1Cn1ccc(-c2cccc(-c3cncnc3)c2)n1. The first-order valence-electron chi connectivity index (χ1n) is 8.23. The first kappa shape index (κ1) is 15.3. The van der Waals surface area contributed by atoms with Crippen LogP contribution in [-0.4, -0.2) is 29.3 Å². The molecule has 1 aromatic carbocycles. The summed E-state index contributed by atoms with van der Waals surface area (Å²) in [5.41, 5.74) is 4.08. The molecular formula is C19H18N6. The second-order valence-electron chi connectivity index (χ2n) is 5.74. The van der Waals surface area contributed by atoms with Gasteiger partial charge in [-0.3, -0.25) is 4.68 Å². The van der Waals surface area contributed by atoms with Crippen LogP contribution in [0.2, 0.25) is 0 Å². The highest BCUT2D eigenvalue weighted by Gasteiger charge is 2.07. The largest absolute Gasteiger partial charge is 0.334 e. The molecule has 4 aromatic rings. The van der Waals surface area contributed by atoms with Crippen LogP contribution in [0.1, 0.15) is 12.7 Å². The average molecular weight is 330 g/mol. The lowest BCUT2D eigenvalue weighted by Crippen LogP contribution is -2.08. The lowest BCUT2D eigenvalue weighted by atomic mass is 10.0. The lowest BCUT2D eigenvalue weighted by Gasteiger charge is -2.05. The summed E-state index contributed by atoms with van der Waals surface area (Å²) in [6, 6.07) is 10.3. The van der Waals surface area contributed by atoms with E-state index in [-0.39, 0.29) is 0 Å². The molecule has 0 saturated carbocycles. The predicted octanol–water partition coefficient (Wildman–Crippen LogP) is 3.27. The minimum Gasteiger partial charge on any atom is -0.334 e. The van der Waals surface area contributed by atoms with Gasteiger partial charge in [-0.05, 0) is 24.6 Å². The van der Waals surface area contributed by atoms with Crippen LogP contribution in [0.25, 0.3) is 22.4 Å². The molecule has 0 aliphatic heterocycles. The predicted molar refractivity (Wildman–Crippen MR) is 95.7 cm³/mol. The van der Waals surface area contributed by atoms with E-state index in [1.807, 2.05) is 47.8 Å². The number of imidazole rings is 1. The summed E-state index contributed by atoms with van der Waals surface area (Å²) in [5, 5.41) is 4.70. The molecule has 0 N–H and O–H groups in total. The molecule has 6 nitrogen and oxygen atoms in total. The molecule has 0 fully saturated rings. The van der Waals surface area contributed by atoms with Gasteiger partial charge < -0.3 is 4.57 Å². The zero-order valence-electron chi connectivity index (χ0n) is 13.9. The second kappa shape index (κ2) is 6.68. The highest BCUT2D eigenvalue weighted by molar-refractivity contribution is 5.70. The van der Waals surface area contributed by atoms with Crippen molar-refractivity contribution < 1.29 is 0 Å². The van der Waals surface area contributed by atoms with Crippen molar-refractivity contribution in [2.24, 2.45) is 0 Å². The minimum absolute atomic E-state index is 0.660. The molecule has 0 aliphatic rings. The molecule has 0 atom stereocenters. The number of hydrogen-bond acceptors (Lipinski definition) is 4. The molecule has 0 aliphatic carbocycles. The fourth-order valence-electron chi connectivity index (χ4n) is 2.83. The van der Waals surface area contributed by atoms with Gasteiger partial charge in [-0.15, -0.1) is 0 Å². The number of aromatic nitrogens is 6. The summed E-state index contributed by atoms with van der Waals surface area (Å²) in [6.07, 6.45) is 11.0. The molecule has 124 valence electrons. The van der Waals surface area contributed by atoms with E-state index in [1.165, 1.54) is 6.33 Å². The third-order valence-electron chi connectivity index (χ3n) is 4.14. The Morgan fingerprint density at radius 2 is 1.80 bits per heavy atom. The van der Waals surface area contributed by atoms with Crippen LogP contribution in [0.4, 0.5) is 0 Å². The van der Waals surface area contributed by atoms with Gasteiger partial charge in [0.25, 0.3) is 0 Å². The lowest BCUT2D eigenvalue weighted by molar-refractivity contribution is 0.608.